The first kappa shape index (κ1) is 26.1. The number of ether oxygens (including phenoxy) is 1. The van der Waals surface area contributed by atoms with Gasteiger partial charge in [-0.25, -0.2) is 14.4 Å². The minimum atomic E-state index is -0.715. The fourth-order valence-electron chi connectivity index (χ4n) is 3.78. The van der Waals surface area contributed by atoms with E-state index >= 15 is 0 Å². The van der Waals surface area contributed by atoms with E-state index in [-0.39, 0.29) is 12.1 Å². The molecule has 0 aliphatic carbocycles. The Kier molecular flexibility index (Phi) is 8.76. The van der Waals surface area contributed by atoms with Crippen LogP contribution in [0, 0.1) is 0 Å². The molecule has 0 saturated heterocycles. The first-order valence-electron chi connectivity index (χ1n) is 11.6. The Bertz CT molecular complexity index is 1110. The molecule has 0 fully saturated rings. The highest BCUT2D eigenvalue weighted by Crippen LogP contribution is 2.33. The largest absolute Gasteiger partial charge is 0.459 e. The average molecular weight is 499 g/mol. The minimum Gasteiger partial charge on any atom is -0.459 e. The van der Waals surface area contributed by atoms with Gasteiger partial charge in [0, 0.05) is 28.6 Å². The van der Waals surface area contributed by atoms with Crippen LogP contribution in [0.25, 0.3) is 0 Å². The number of benzene rings is 2. The van der Waals surface area contributed by atoms with Crippen molar-refractivity contribution in [2.75, 3.05) is 17.2 Å². The second-order valence-electron chi connectivity index (χ2n) is 8.55. The molecule has 1 aliphatic rings. The van der Waals surface area contributed by atoms with Gasteiger partial charge in [0.25, 0.3) is 0 Å². The van der Waals surface area contributed by atoms with Crippen molar-refractivity contribution in [1.29, 1.82) is 0 Å². The number of carbonyl (C=O) groups is 3. The molecule has 3 rings (SSSR count). The van der Waals surface area contributed by atoms with Gasteiger partial charge in [-0.1, -0.05) is 37.1 Å². The zero-order chi connectivity index (χ0) is 25.5. The molecule has 0 aromatic heterocycles. The first-order chi connectivity index (χ1) is 16.7. The highest BCUT2D eigenvalue weighted by Gasteiger charge is 2.36. The maximum atomic E-state index is 13.1. The molecule has 1 aliphatic heterocycles. The molecule has 186 valence electrons. The zero-order valence-electron chi connectivity index (χ0n) is 20.4. The molecule has 3 N–H and O–H groups in total. The Balaban J connectivity index is 1.87. The fraction of sp³-hybridized carbons (Fsp3) is 0.346. The molecule has 9 heteroatoms. The Morgan fingerprint density at radius 3 is 2.46 bits per heavy atom. The normalized spacial score (nSPS) is 15.7. The van der Waals surface area contributed by atoms with Crippen LogP contribution in [0.3, 0.4) is 0 Å². The van der Waals surface area contributed by atoms with Gasteiger partial charge in [-0.3, -0.25) is 4.90 Å². The van der Waals surface area contributed by atoms with E-state index in [1.807, 2.05) is 6.92 Å². The molecule has 8 nitrogen and oxygen atoms in total. The van der Waals surface area contributed by atoms with Crippen LogP contribution < -0.4 is 16.0 Å². The summed E-state index contributed by atoms with van der Waals surface area (Å²) in [5.74, 6) is -0.483. The van der Waals surface area contributed by atoms with Crippen molar-refractivity contribution in [2.45, 2.75) is 52.7 Å². The third-order valence-electron chi connectivity index (χ3n) is 5.47. The molecule has 35 heavy (non-hydrogen) atoms. The lowest BCUT2D eigenvalue weighted by Gasteiger charge is -2.35. The van der Waals surface area contributed by atoms with Gasteiger partial charge in [-0.05, 0) is 69.2 Å². The maximum absolute atomic E-state index is 13.1. The Morgan fingerprint density at radius 1 is 1.11 bits per heavy atom. The molecule has 1 atom stereocenters. The van der Waals surface area contributed by atoms with E-state index in [1.165, 1.54) is 0 Å². The molecule has 2 aromatic carbocycles. The van der Waals surface area contributed by atoms with Gasteiger partial charge >= 0.3 is 18.0 Å². The van der Waals surface area contributed by atoms with Crippen LogP contribution >= 0.6 is 11.6 Å². The van der Waals surface area contributed by atoms with Crippen LogP contribution in [0.15, 0.2) is 59.8 Å². The predicted octanol–water partition coefficient (Wildman–Crippen LogP) is 6.08. The molecule has 4 amide bonds. The molecule has 0 radical (unpaired) electrons. The quantitative estimate of drug-likeness (QED) is 0.384. The van der Waals surface area contributed by atoms with E-state index in [0.29, 0.717) is 39.8 Å². The summed E-state index contributed by atoms with van der Waals surface area (Å²) >= 11 is 5.89. The van der Waals surface area contributed by atoms with E-state index < -0.39 is 18.0 Å². The summed E-state index contributed by atoms with van der Waals surface area (Å²) in [7, 11) is 0. The molecule has 1 unspecified atom stereocenters. The highest BCUT2D eigenvalue weighted by atomic mass is 35.5. The van der Waals surface area contributed by atoms with Gasteiger partial charge in [0.1, 0.15) is 0 Å². The third kappa shape index (κ3) is 6.76. The van der Waals surface area contributed by atoms with Gasteiger partial charge in [-0.15, -0.1) is 0 Å². The van der Waals surface area contributed by atoms with Gasteiger partial charge in [-0.2, -0.15) is 0 Å². The molecular formula is C26H31ClN4O4. The van der Waals surface area contributed by atoms with Gasteiger partial charge < -0.3 is 20.7 Å². The Labute approximate surface area is 210 Å². The second kappa shape index (κ2) is 11.8. The Morgan fingerprint density at radius 2 is 1.80 bits per heavy atom. The summed E-state index contributed by atoms with van der Waals surface area (Å²) in [4.78, 5) is 40.0. The maximum Gasteiger partial charge on any atom is 0.338 e. The number of nitrogens with one attached hydrogen (secondary N) is 3. The van der Waals surface area contributed by atoms with Gasteiger partial charge in [0.2, 0.25) is 0 Å². The van der Waals surface area contributed by atoms with Crippen molar-refractivity contribution in [1.82, 2.24) is 10.2 Å². The molecule has 1 heterocycles. The number of halogens is 1. The Hall–Kier alpha value is -3.52. The fourth-order valence-corrected chi connectivity index (χ4v) is 3.91. The summed E-state index contributed by atoms with van der Waals surface area (Å²) in [6, 6.07) is 12.3. The predicted molar refractivity (Wildman–Crippen MR) is 137 cm³/mol. The van der Waals surface area contributed by atoms with E-state index in [2.05, 4.69) is 16.0 Å². The number of amides is 4. The molecule has 2 aromatic rings. The lowest BCUT2D eigenvalue weighted by atomic mass is 9.94. The van der Waals surface area contributed by atoms with Crippen LogP contribution in [0.2, 0.25) is 5.02 Å². The topological polar surface area (TPSA) is 99.8 Å². The summed E-state index contributed by atoms with van der Waals surface area (Å²) < 4.78 is 5.51. The molecular weight excluding hydrogens is 468 g/mol. The molecule has 0 bridgehead atoms. The summed E-state index contributed by atoms with van der Waals surface area (Å²) in [6.07, 6.45) is 1.41. The SMILES string of the molecule is CCCCN1C(=O)NC(c2cccc(NC(=O)Nc3ccc(Cl)cc3)c2)C(C(=O)OC(C)C)=C1C. The smallest absolute Gasteiger partial charge is 0.338 e. The highest BCUT2D eigenvalue weighted by molar-refractivity contribution is 6.30. The van der Waals surface area contributed by atoms with Crippen molar-refractivity contribution in [3.63, 3.8) is 0 Å². The zero-order valence-corrected chi connectivity index (χ0v) is 21.1. The number of rotatable bonds is 8. The van der Waals surface area contributed by atoms with Crippen LogP contribution in [0.5, 0.6) is 0 Å². The van der Waals surface area contributed by atoms with Crippen molar-refractivity contribution < 1.29 is 19.1 Å². The number of esters is 1. The van der Waals surface area contributed by atoms with Crippen LogP contribution in [-0.4, -0.2) is 35.6 Å². The van der Waals surface area contributed by atoms with Crippen molar-refractivity contribution >= 4 is 41.0 Å². The van der Waals surface area contributed by atoms with E-state index in [4.69, 9.17) is 16.3 Å². The lowest BCUT2D eigenvalue weighted by Crippen LogP contribution is -2.48. The standard InChI is InChI=1S/C26H31ClN4O4/c1-5-6-14-31-17(4)22(24(32)35-16(2)3)23(30-26(31)34)18-8-7-9-21(15-18)29-25(33)28-20-12-10-19(27)11-13-20/h7-13,15-16,23H,5-6,14H2,1-4H3,(H,30,34)(H2,28,29,33). The summed E-state index contributed by atoms with van der Waals surface area (Å²) in [6.45, 7) is 7.87. The van der Waals surface area contributed by atoms with E-state index in [1.54, 1.807) is 74.2 Å². The van der Waals surface area contributed by atoms with Crippen molar-refractivity contribution in [2.24, 2.45) is 0 Å². The summed E-state index contributed by atoms with van der Waals surface area (Å²) in [5, 5.41) is 9.03. The number of hydrogen-bond acceptors (Lipinski definition) is 4. The average Bonchev–Trinajstić information content (AvgIpc) is 2.79. The number of carbonyl (C=O) groups excluding carboxylic acids is 3. The van der Waals surface area contributed by atoms with Crippen molar-refractivity contribution in [3.8, 4) is 0 Å². The first-order valence-corrected chi connectivity index (χ1v) is 12.0. The minimum absolute atomic E-state index is 0.277. The number of anilines is 2. The number of allylic oxidation sites excluding steroid dienone is 1. The van der Waals surface area contributed by atoms with Gasteiger partial charge in [0.05, 0.1) is 17.7 Å². The summed E-state index contributed by atoms with van der Waals surface area (Å²) in [5.41, 5.74) is 2.68. The monoisotopic (exact) mass is 498 g/mol. The van der Waals surface area contributed by atoms with Gasteiger partial charge in [0.15, 0.2) is 0 Å². The van der Waals surface area contributed by atoms with Crippen LogP contribution in [-0.2, 0) is 9.53 Å². The number of hydrogen-bond donors (Lipinski definition) is 3. The number of nitrogens with zero attached hydrogens (tertiary/aromatic N) is 1. The van der Waals surface area contributed by atoms with Crippen molar-refractivity contribution in [3.05, 3.63) is 70.4 Å². The van der Waals surface area contributed by atoms with Crippen LogP contribution in [0.1, 0.15) is 52.1 Å². The molecule has 0 spiro atoms. The van der Waals surface area contributed by atoms with E-state index in [9.17, 15) is 14.4 Å². The van der Waals surface area contributed by atoms with Crippen LogP contribution in [0.4, 0.5) is 21.0 Å². The second-order valence-corrected chi connectivity index (χ2v) is 8.99. The third-order valence-corrected chi connectivity index (χ3v) is 5.73. The molecule has 0 saturated carbocycles. The number of unbranched alkanes of at least 4 members (excludes halogenated alkanes) is 1. The van der Waals surface area contributed by atoms with E-state index in [0.717, 1.165) is 12.8 Å². The number of urea groups is 2. The lowest BCUT2D eigenvalue weighted by molar-refractivity contribution is -0.143.